The van der Waals surface area contributed by atoms with Crippen LogP contribution in [0.2, 0.25) is 0 Å². The summed E-state index contributed by atoms with van der Waals surface area (Å²) in [5.41, 5.74) is 2.33. The maximum Gasteiger partial charge on any atom is 0.334 e. The number of aromatic amines is 1. The lowest BCUT2D eigenvalue weighted by atomic mass is 9.89. The first-order valence-electron chi connectivity index (χ1n) is 8.10. The number of allylic oxidation sites excluding steroid dienone is 2. The Hall–Kier alpha value is -3.34. The van der Waals surface area contributed by atoms with Crippen LogP contribution in [0.5, 0.6) is 0 Å². The number of fused-ring (bicyclic) bond motifs is 1. The molecule has 0 radical (unpaired) electrons. The summed E-state index contributed by atoms with van der Waals surface area (Å²) >= 11 is 0. The Balaban J connectivity index is 2.03. The van der Waals surface area contributed by atoms with E-state index >= 15 is 0 Å². The van der Waals surface area contributed by atoms with Crippen LogP contribution in [0.15, 0.2) is 82.0 Å². The molecule has 1 unspecified atom stereocenters. The maximum absolute atomic E-state index is 12.6. The Labute approximate surface area is 144 Å². The second kappa shape index (κ2) is 5.94. The summed E-state index contributed by atoms with van der Waals surface area (Å²) in [7, 11) is 0. The number of aromatic nitrogens is 2. The zero-order valence-electron chi connectivity index (χ0n) is 13.7. The van der Waals surface area contributed by atoms with Crippen molar-refractivity contribution in [1.29, 1.82) is 0 Å². The van der Waals surface area contributed by atoms with Gasteiger partial charge in [-0.2, -0.15) is 0 Å². The molecule has 0 fully saturated rings. The molecular formula is C20H17N3O2. The molecule has 3 aromatic rings. The van der Waals surface area contributed by atoms with Gasteiger partial charge in [-0.05, 0) is 24.6 Å². The summed E-state index contributed by atoms with van der Waals surface area (Å²) in [6.07, 6.45) is 2.01. The standard InChI is InChI=1S/C20H17N3O2/c1-13-12-16(14-8-4-2-5-9-14)17-18(21-13)23(20(25)22-19(17)24)15-10-6-3-7-11-15/h2-12,16,21H,1H3,(H,22,24,25). The quantitative estimate of drug-likeness (QED) is 0.758. The van der Waals surface area contributed by atoms with E-state index in [1.165, 1.54) is 4.57 Å². The molecule has 0 saturated heterocycles. The van der Waals surface area contributed by atoms with Gasteiger partial charge in [-0.1, -0.05) is 54.6 Å². The number of para-hydroxylation sites is 1. The van der Waals surface area contributed by atoms with E-state index in [-0.39, 0.29) is 11.5 Å². The van der Waals surface area contributed by atoms with Gasteiger partial charge in [0.2, 0.25) is 0 Å². The van der Waals surface area contributed by atoms with Crippen LogP contribution in [0.1, 0.15) is 24.0 Å². The van der Waals surface area contributed by atoms with Crippen LogP contribution >= 0.6 is 0 Å². The number of nitrogens with zero attached hydrogens (tertiary/aromatic N) is 1. The fourth-order valence-corrected chi connectivity index (χ4v) is 3.27. The molecule has 1 aromatic heterocycles. The van der Waals surface area contributed by atoms with Gasteiger partial charge in [-0.15, -0.1) is 0 Å². The monoisotopic (exact) mass is 331 g/mol. The molecule has 1 aliphatic rings. The number of hydrogen-bond acceptors (Lipinski definition) is 3. The van der Waals surface area contributed by atoms with Crippen LogP contribution in [-0.2, 0) is 0 Å². The zero-order valence-corrected chi connectivity index (χ0v) is 13.7. The average Bonchev–Trinajstić information content (AvgIpc) is 2.62. The molecule has 0 amide bonds. The molecule has 2 heterocycles. The van der Waals surface area contributed by atoms with Crippen molar-refractivity contribution in [1.82, 2.24) is 9.55 Å². The molecule has 2 N–H and O–H groups in total. The van der Waals surface area contributed by atoms with Crippen molar-refractivity contribution >= 4 is 5.82 Å². The molecule has 1 aliphatic heterocycles. The van der Waals surface area contributed by atoms with Gasteiger partial charge in [0.15, 0.2) is 0 Å². The third-order valence-electron chi connectivity index (χ3n) is 4.36. The highest BCUT2D eigenvalue weighted by Crippen LogP contribution is 2.34. The van der Waals surface area contributed by atoms with Crippen molar-refractivity contribution in [3.05, 3.63) is 104 Å². The normalized spacial score (nSPS) is 15.9. The second-order valence-electron chi connectivity index (χ2n) is 6.06. The predicted molar refractivity (Wildman–Crippen MR) is 98.3 cm³/mol. The van der Waals surface area contributed by atoms with Crippen LogP contribution < -0.4 is 16.6 Å². The average molecular weight is 331 g/mol. The van der Waals surface area contributed by atoms with Crippen LogP contribution in [-0.4, -0.2) is 9.55 Å². The lowest BCUT2D eigenvalue weighted by Crippen LogP contribution is -2.36. The SMILES string of the molecule is CC1=CC(c2ccccc2)c2c(n(-c3ccccc3)c(=O)[nH]c2=O)N1. The smallest absolute Gasteiger partial charge is 0.334 e. The van der Waals surface area contributed by atoms with Gasteiger partial charge >= 0.3 is 5.69 Å². The van der Waals surface area contributed by atoms with Crippen LogP contribution in [0.4, 0.5) is 5.82 Å². The Morgan fingerprint density at radius 2 is 1.56 bits per heavy atom. The molecule has 5 nitrogen and oxygen atoms in total. The van der Waals surface area contributed by atoms with Crippen LogP contribution in [0.25, 0.3) is 5.69 Å². The van der Waals surface area contributed by atoms with Crippen molar-refractivity contribution in [2.75, 3.05) is 5.32 Å². The van der Waals surface area contributed by atoms with E-state index in [0.29, 0.717) is 17.1 Å². The summed E-state index contributed by atoms with van der Waals surface area (Å²) in [5.74, 6) is 0.311. The van der Waals surface area contributed by atoms with Crippen molar-refractivity contribution in [2.45, 2.75) is 12.8 Å². The highest BCUT2D eigenvalue weighted by molar-refractivity contribution is 5.61. The van der Waals surface area contributed by atoms with Gasteiger partial charge in [0.05, 0.1) is 11.3 Å². The van der Waals surface area contributed by atoms with Gasteiger partial charge in [0, 0.05) is 11.6 Å². The third-order valence-corrected chi connectivity index (χ3v) is 4.36. The Bertz CT molecular complexity index is 1060. The minimum atomic E-state index is -0.455. The van der Waals surface area contributed by atoms with E-state index in [4.69, 9.17) is 0 Å². The van der Waals surface area contributed by atoms with Crippen molar-refractivity contribution in [2.24, 2.45) is 0 Å². The number of benzene rings is 2. The van der Waals surface area contributed by atoms with E-state index in [9.17, 15) is 9.59 Å². The Morgan fingerprint density at radius 3 is 2.24 bits per heavy atom. The van der Waals surface area contributed by atoms with Gasteiger partial charge < -0.3 is 5.32 Å². The molecule has 2 aromatic carbocycles. The minimum absolute atomic E-state index is 0.211. The topological polar surface area (TPSA) is 66.9 Å². The molecule has 4 rings (SSSR count). The van der Waals surface area contributed by atoms with Crippen molar-refractivity contribution < 1.29 is 0 Å². The maximum atomic E-state index is 12.6. The highest BCUT2D eigenvalue weighted by atomic mass is 16.2. The van der Waals surface area contributed by atoms with Gasteiger partial charge in [-0.25, -0.2) is 9.36 Å². The summed E-state index contributed by atoms with van der Waals surface area (Å²) < 4.78 is 1.52. The summed E-state index contributed by atoms with van der Waals surface area (Å²) in [4.78, 5) is 27.6. The Kier molecular flexibility index (Phi) is 3.61. The van der Waals surface area contributed by atoms with Crippen LogP contribution in [0, 0.1) is 0 Å². The largest absolute Gasteiger partial charge is 0.345 e. The van der Waals surface area contributed by atoms with E-state index in [0.717, 1.165) is 11.3 Å². The lowest BCUT2D eigenvalue weighted by molar-refractivity contribution is 0.832. The molecular weight excluding hydrogens is 314 g/mol. The zero-order chi connectivity index (χ0) is 17.4. The summed E-state index contributed by atoms with van der Waals surface area (Å²) in [6, 6.07) is 19.1. The molecule has 0 spiro atoms. The molecule has 1 atom stereocenters. The molecule has 0 bridgehead atoms. The predicted octanol–water partition coefficient (Wildman–Crippen LogP) is 2.99. The first-order chi connectivity index (χ1) is 12.1. The Morgan fingerprint density at radius 1 is 0.920 bits per heavy atom. The van der Waals surface area contributed by atoms with Crippen molar-refractivity contribution in [3.8, 4) is 5.69 Å². The number of rotatable bonds is 2. The van der Waals surface area contributed by atoms with E-state index in [2.05, 4.69) is 10.3 Å². The van der Waals surface area contributed by atoms with Crippen molar-refractivity contribution in [3.63, 3.8) is 0 Å². The van der Waals surface area contributed by atoms with Crippen LogP contribution in [0.3, 0.4) is 0 Å². The van der Waals surface area contributed by atoms with Gasteiger partial charge in [-0.3, -0.25) is 9.78 Å². The third kappa shape index (κ3) is 2.59. The molecule has 0 saturated carbocycles. The number of nitrogens with one attached hydrogen (secondary N) is 2. The lowest BCUT2D eigenvalue weighted by Gasteiger charge is -2.26. The molecule has 25 heavy (non-hydrogen) atoms. The fraction of sp³-hybridized carbons (Fsp3) is 0.100. The minimum Gasteiger partial charge on any atom is -0.345 e. The summed E-state index contributed by atoms with van der Waals surface area (Å²) in [6.45, 7) is 1.93. The van der Waals surface area contributed by atoms with Gasteiger partial charge in [0.1, 0.15) is 5.82 Å². The molecule has 5 heteroatoms. The van der Waals surface area contributed by atoms with E-state index in [1.54, 1.807) is 0 Å². The summed E-state index contributed by atoms with van der Waals surface area (Å²) in [5, 5.41) is 3.21. The first-order valence-corrected chi connectivity index (χ1v) is 8.10. The van der Waals surface area contributed by atoms with E-state index < -0.39 is 5.69 Å². The number of hydrogen-bond donors (Lipinski definition) is 2. The van der Waals surface area contributed by atoms with E-state index in [1.807, 2.05) is 73.7 Å². The first kappa shape index (κ1) is 15.2. The fourth-order valence-electron chi connectivity index (χ4n) is 3.27. The number of anilines is 1. The molecule has 124 valence electrons. The number of H-pyrrole nitrogens is 1. The van der Waals surface area contributed by atoms with Gasteiger partial charge in [0.25, 0.3) is 5.56 Å². The molecule has 0 aliphatic carbocycles. The second-order valence-corrected chi connectivity index (χ2v) is 6.06. The highest BCUT2D eigenvalue weighted by Gasteiger charge is 2.27.